The molecule has 0 bridgehead atoms. The van der Waals surface area contributed by atoms with Crippen LogP contribution < -0.4 is 15.5 Å². The summed E-state index contributed by atoms with van der Waals surface area (Å²) in [4.78, 5) is 25.5. The molecule has 2 aromatic carbocycles. The summed E-state index contributed by atoms with van der Waals surface area (Å²) in [6, 6.07) is 10.2. The van der Waals surface area contributed by atoms with E-state index in [-0.39, 0.29) is 24.9 Å². The Balaban J connectivity index is 1.59. The first-order valence-electron chi connectivity index (χ1n) is 7.40. The van der Waals surface area contributed by atoms with Gasteiger partial charge < -0.3 is 15.5 Å². The number of urea groups is 1. The Morgan fingerprint density at radius 2 is 1.83 bits per heavy atom. The lowest BCUT2D eigenvalue weighted by Gasteiger charge is -2.17. The molecule has 1 aliphatic heterocycles. The van der Waals surface area contributed by atoms with Gasteiger partial charge in [0.2, 0.25) is 5.91 Å². The van der Waals surface area contributed by atoms with E-state index < -0.39 is 17.7 Å². The fraction of sp³-hybridized carbons (Fsp3) is 0.176. The zero-order valence-electron chi connectivity index (χ0n) is 12.6. The van der Waals surface area contributed by atoms with Gasteiger partial charge in [0.05, 0.1) is 6.04 Å². The van der Waals surface area contributed by atoms with Crippen LogP contribution in [0.25, 0.3) is 0 Å². The van der Waals surface area contributed by atoms with Gasteiger partial charge in [0, 0.05) is 24.3 Å². The molecule has 3 rings (SSSR count). The van der Waals surface area contributed by atoms with Crippen molar-refractivity contribution in [3.63, 3.8) is 0 Å². The normalized spacial score (nSPS) is 17.0. The van der Waals surface area contributed by atoms with Gasteiger partial charge in [-0.15, -0.1) is 0 Å². The Morgan fingerprint density at radius 3 is 2.54 bits per heavy atom. The average molecular weight is 331 g/mol. The number of rotatable bonds is 3. The average Bonchev–Trinajstić information content (AvgIpc) is 2.90. The lowest BCUT2D eigenvalue weighted by Crippen LogP contribution is -2.39. The van der Waals surface area contributed by atoms with Crippen LogP contribution in [-0.2, 0) is 4.79 Å². The van der Waals surface area contributed by atoms with Gasteiger partial charge in [-0.25, -0.2) is 13.6 Å². The highest BCUT2D eigenvalue weighted by molar-refractivity contribution is 5.97. The van der Waals surface area contributed by atoms with Crippen molar-refractivity contribution in [2.24, 2.45) is 0 Å². The number of benzene rings is 2. The lowest BCUT2D eigenvalue weighted by molar-refractivity contribution is -0.117. The Bertz CT molecular complexity index is 765. The number of hydrogen-bond acceptors (Lipinski definition) is 2. The van der Waals surface area contributed by atoms with Crippen LogP contribution in [0.15, 0.2) is 48.5 Å². The second-order valence-corrected chi connectivity index (χ2v) is 5.49. The summed E-state index contributed by atoms with van der Waals surface area (Å²) in [6.07, 6.45) is 0.132. The van der Waals surface area contributed by atoms with Crippen LogP contribution in [0, 0.1) is 11.6 Å². The third-order valence-corrected chi connectivity index (χ3v) is 3.68. The summed E-state index contributed by atoms with van der Waals surface area (Å²) < 4.78 is 26.1. The van der Waals surface area contributed by atoms with E-state index in [1.807, 2.05) is 0 Å². The SMILES string of the molecule is O=C(Nc1ccc(F)cc1)N[C@H]1CC(=O)N(c2cccc(F)c2)C1. The molecule has 1 atom stereocenters. The van der Waals surface area contributed by atoms with Crippen molar-refractivity contribution in [1.29, 1.82) is 0 Å². The Labute approximate surface area is 137 Å². The second-order valence-electron chi connectivity index (χ2n) is 5.49. The minimum absolute atomic E-state index is 0.132. The van der Waals surface area contributed by atoms with Gasteiger partial charge in [-0.3, -0.25) is 4.79 Å². The second kappa shape index (κ2) is 6.66. The van der Waals surface area contributed by atoms with Crippen molar-refractivity contribution in [3.8, 4) is 0 Å². The van der Waals surface area contributed by atoms with Crippen molar-refractivity contribution in [2.45, 2.75) is 12.5 Å². The van der Waals surface area contributed by atoms with E-state index in [0.717, 1.165) is 0 Å². The van der Waals surface area contributed by atoms with Crippen molar-refractivity contribution < 1.29 is 18.4 Å². The van der Waals surface area contributed by atoms with Gasteiger partial charge in [0.25, 0.3) is 0 Å². The summed E-state index contributed by atoms with van der Waals surface area (Å²) in [5, 5.41) is 5.25. The van der Waals surface area contributed by atoms with Crippen molar-refractivity contribution >= 4 is 23.3 Å². The standard InChI is InChI=1S/C17H15F2N3O2/c18-11-4-6-13(7-5-11)20-17(24)21-14-9-16(23)22(10-14)15-3-1-2-12(19)8-15/h1-8,14H,9-10H2,(H2,20,21,24)/t14-/m0/s1. The lowest BCUT2D eigenvalue weighted by atomic mass is 10.2. The first-order chi connectivity index (χ1) is 11.5. The highest BCUT2D eigenvalue weighted by Gasteiger charge is 2.31. The number of halogens is 2. The molecular formula is C17H15F2N3O2. The Hall–Kier alpha value is -2.96. The summed E-state index contributed by atoms with van der Waals surface area (Å²) >= 11 is 0. The first-order valence-corrected chi connectivity index (χ1v) is 7.40. The fourth-order valence-corrected chi connectivity index (χ4v) is 2.58. The van der Waals surface area contributed by atoms with Crippen molar-refractivity contribution in [3.05, 3.63) is 60.2 Å². The van der Waals surface area contributed by atoms with Gasteiger partial charge in [0.1, 0.15) is 11.6 Å². The summed E-state index contributed by atoms with van der Waals surface area (Å²) in [5.74, 6) is -1.01. The maximum Gasteiger partial charge on any atom is 0.319 e. The number of carbonyl (C=O) groups is 2. The Morgan fingerprint density at radius 1 is 1.08 bits per heavy atom. The number of nitrogens with one attached hydrogen (secondary N) is 2. The molecule has 3 amide bonds. The van der Waals surface area contributed by atoms with Crippen LogP contribution in [0.3, 0.4) is 0 Å². The zero-order chi connectivity index (χ0) is 17.1. The van der Waals surface area contributed by atoms with E-state index >= 15 is 0 Å². The van der Waals surface area contributed by atoms with Gasteiger partial charge in [-0.2, -0.15) is 0 Å². The van der Waals surface area contributed by atoms with Crippen molar-refractivity contribution in [2.75, 3.05) is 16.8 Å². The summed E-state index contributed by atoms with van der Waals surface area (Å²) in [7, 11) is 0. The molecule has 0 radical (unpaired) electrons. The predicted octanol–water partition coefficient (Wildman–Crippen LogP) is 2.89. The summed E-state index contributed by atoms with van der Waals surface area (Å²) in [6.45, 7) is 0.263. The monoisotopic (exact) mass is 331 g/mol. The number of hydrogen-bond donors (Lipinski definition) is 2. The van der Waals surface area contributed by atoms with E-state index in [0.29, 0.717) is 11.4 Å². The van der Waals surface area contributed by atoms with Crippen molar-refractivity contribution in [1.82, 2.24) is 5.32 Å². The largest absolute Gasteiger partial charge is 0.333 e. The molecule has 1 fully saturated rings. The molecule has 0 saturated carbocycles. The molecule has 24 heavy (non-hydrogen) atoms. The number of carbonyl (C=O) groups excluding carboxylic acids is 2. The quantitative estimate of drug-likeness (QED) is 0.908. The summed E-state index contributed by atoms with van der Waals surface area (Å²) in [5.41, 5.74) is 0.906. The maximum atomic E-state index is 13.3. The molecule has 7 heteroatoms. The fourth-order valence-electron chi connectivity index (χ4n) is 2.58. The third-order valence-electron chi connectivity index (χ3n) is 3.68. The van der Waals surface area contributed by atoms with Crippen LogP contribution in [0.1, 0.15) is 6.42 Å². The molecule has 1 aliphatic rings. The van der Waals surface area contributed by atoms with E-state index in [1.54, 1.807) is 6.07 Å². The number of anilines is 2. The zero-order valence-corrected chi connectivity index (χ0v) is 12.6. The molecule has 2 aromatic rings. The number of amides is 3. The minimum atomic E-state index is -0.486. The van der Waals surface area contributed by atoms with Gasteiger partial charge >= 0.3 is 6.03 Å². The smallest absolute Gasteiger partial charge is 0.319 e. The topological polar surface area (TPSA) is 61.4 Å². The van der Waals surface area contributed by atoms with Crippen LogP contribution in [0.2, 0.25) is 0 Å². The first kappa shape index (κ1) is 15.9. The molecule has 0 aliphatic carbocycles. The molecule has 1 saturated heterocycles. The maximum absolute atomic E-state index is 13.3. The van der Waals surface area contributed by atoms with E-state index in [2.05, 4.69) is 10.6 Å². The van der Waals surface area contributed by atoms with Crippen LogP contribution >= 0.6 is 0 Å². The molecule has 2 N–H and O–H groups in total. The molecule has 0 aromatic heterocycles. The molecule has 124 valence electrons. The van der Waals surface area contributed by atoms with E-state index in [1.165, 1.54) is 47.4 Å². The van der Waals surface area contributed by atoms with E-state index in [4.69, 9.17) is 0 Å². The molecule has 5 nitrogen and oxygen atoms in total. The third kappa shape index (κ3) is 3.68. The van der Waals surface area contributed by atoms with Gasteiger partial charge in [-0.1, -0.05) is 6.07 Å². The Kier molecular flexibility index (Phi) is 4.41. The van der Waals surface area contributed by atoms with Gasteiger partial charge in [-0.05, 0) is 42.5 Å². The highest BCUT2D eigenvalue weighted by atomic mass is 19.1. The molecular weight excluding hydrogens is 316 g/mol. The van der Waals surface area contributed by atoms with E-state index in [9.17, 15) is 18.4 Å². The number of nitrogens with zero attached hydrogens (tertiary/aromatic N) is 1. The molecule has 0 spiro atoms. The van der Waals surface area contributed by atoms with Crippen LogP contribution in [0.5, 0.6) is 0 Å². The predicted molar refractivity (Wildman–Crippen MR) is 85.7 cm³/mol. The molecule has 1 heterocycles. The van der Waals surface area contributed by atoms with Gasteiger partial charge in [0.15, 0.2) is 0 Å². The molecule has 0 unspecified atom stereocenters. The highest BCUT2D eigenvalue weighted by Crippen LogP contribution is 2.22. The minimum Gasteiger partial charge on any atom is -0.333 e. The van der Waals surface area contributed by atoms with Crippen LogP contribution in [0.4, 0.5) is 25.0 Å². The van der Waals surface area contributed by atoms with Crippen LogP contribution in [-0.4, -0.2) is 24.5 Å².